The molecule has 0 spiro atoms. The summed E-state index contributed by atoms with van der Waals surface area (Å²) in [7, 11) is 1.87. The highest BCUT2D eigenvalue weighted by Gasteiger charge is 2.12. The van der Waals surface area contributed by atoms with Crippen molar-refractivity contribution in [2.75, 3.05) is 7.05 Å². The SMILES string of the molecule is CN/C(Cc1ccccc1O)=C1/C=CC=CN1C=S. The summed E-state index contributed by atoms with van der Waals surface area (Å²) in [5, 5.41) is 13.0. The van der Waals surface area contributed by atoms with Gasteiger partial charge < -0.3 is 15.3 Å². The molecule has 1 heterocycles. The summed E-state index contributed by atoms with van der Waals surface area (Å²) in [6.45, 7) is 0. The van der Waals surface area contributed by atoms with E-state index in [9.17, 15) is 5.11 Å². The summed E-state index contributed by atoms with van der Waals surface area (Å²) in [5.41, 5.74) is 4.47. The lowest BCUT2D eigenvalue weighted by atomic mass is 10.1. The van der Waals surface area contributed by atoms with Crippen LogP contribution in [0.4, 0.5) is 0 Å². The summed E-state index contributed by atoms with van der Waals surface area (Å²) in [5.74, 6) is 0.306. The fourth-order valence-electron chi connectivity index (χ4n) is 1.96. The molecule has 3 nitrogen and oxygen atoms in total. The van der Waals surface area contributed by atoms with Gasteiger partial charge in [-0.1, -0.05) is 36.5 Å². The van der Waals surface area contributed by atoms with Gasteiger partial charge in [0, 0.05) is 25.4 Å². The molecular weight excluding hydrogens is 256 g/mol. The number of phenolic OH excluding ortho intramolecular Hbond substituents is 1. The Morgan fingerprint density at radius 1 is 1.37 bits per heavy atom. The molecule has 1 aromatic rings. The molecule has 0 aliphatic carbocycles. The van der Waals surface area contributed by atoms with Crippen LogP contribution in [-0.2, 0) is 6.42 Å². The molecular formula is C15H16N2OS. The molecule has 0 aromatic heterocycles. The second-order valence-corrected chi connectivity index (χ2v) is 4.34. The number of benzene rings is 1. The van der Waals surface area contributed by atoms with Gasteiger partial charge in [0.2, 0.25) is 0 Å². The zero-order valence-electron chi connectivity index (χ0n) is 10.7. The van der Waals surface area contributed by atoms with Gasteiger partial charge in [0.05, 0.1) is 11.2 Å². The zero-order valence-corrected chi connectivity index (χ0v) is 11.5. The molecule has 2 rings (SSSR count). The van der Waals surface area contributed by atoms with Gasteiger partial charge in [-0.05, 0) is 23.8 Å². The van der Waals surface area contributed by atoms with Crippen LogP contribution in [0.1, 0.15) is 5.56 Å². The van der Waals surface area contributed by atoms with E-state index >= 15 is 0 Å². The molecule has 4 heteroatoms. The Hall–Kier alpha value is -2.07. The summed E-state index contributed by atoms with van der Waals surface area (Å²) < 4.78 is 0. The predicted octanol–water partition coefficient (Wildman–Crippen LogP) is 2.71. The quantitative estimate of drug-likeness (QED) is 0.826. The van der Waals surface area contributed by atoms with Gasteiger partial charge in [0.25, 0.3) is 0 Å². The maximum absolute atomic E-state index is 9.85. The van der Waals surface area contributed by atoms with E-state index in [4.69, 9.17) is 12.2 Å². The first-order chi connectivity index (χ1) is 9.26. The Balaban J connectivity index is 2.34. The van der Waals surface area contributed by atoms with E-state index in [1.54, 1.807) is 11.6 Å². The van der Waals surface area contributed by atoms with Crippen molar-refractivity contribution in [3.8, 4) is 5.75 Å². The summed E-state index contributed by atoms with van der Waals surface area (Å²) in [4.78, 5) is 1.88. The van der Waals surface area contributed by atoms with Gasteiger partial charge in [0.1, 0.15) is 5.75 Å². The summed E-state index contributed by atoms with van der Waals surface area (Å²) >= 11 is 5.01. The molecule has 1 aromatic carbocycles. The molecule has 0 fully saturated rings. The number of para-hydroxylation sites is 1. The van der Waals surface area contributed by atoms with Crippen LogP contribution in [-0.4, -0.2) is 22.5 Å². The lowest BCUT2D eigenvalue weighted by Crippen LogP contribution is -2.22. The number of hydrogen-bond donors (Lipinski definition) is 2. The standard InChI is InChI=1S/C15H16N2OS/c1-16-13(10-12-6-2-3-8-15(12)18)14-7-4-5-9-17(14)11-19/h2-9,11,16,18H,10H2,1H3/b14-13-. The summed E-state index contributed by atoms with van der Waals surface area (Å²) in [6.07, 6.45) is 8.42. The number of likely N-dealkylation sites (N-methyl/N-ethyl adjacent to an activating group) is 1. The van der Waals surface area contributed by atoms with Crippen molar-refractivity contribution in [2.45, 2.75) is 6.42 Å². The highest BCUT2D eigenvalue weighted by Crippen LogP contribution is 2.22. The Morgan fingerprint density at radius 2 is 2.16 bits per heavy atom. The number of aromatic hydroxyl groups is 1. The van der Waals surface area contributed by atoms with Crippen molar-refractivity contribution < 1.29 is 5.11 Å². The van der Waals surface area contributed by atoms with E-state index < -0.39 is 0 Å². The Bertz CT molecular complexity index is 561. The van der Waals surface area contributed by atoms with E-state index in [2.05, 4.69) is 5.32 Å². The van der Waals surface area contributed by atoms with Gasteiger partial charge in [-0.25, -0.2) is 0 Å². The number of thiocarbonyl (C=S) groups is 1. The third-order valence-corrected chi connectivity index (χ3v) is 3.20. The molecule has 0 amide bonds. The average Bonchev–Trinajstić information content (AvgIpc) is 2.46. The number of allylic oxidation sites excluding steroid dienone is 4. The topological polar surface area (TPSA) is 35.5 Å². The molecule has 1 aliphatic rings. The molecule has 98 valence electrons. The number of nitrogens with zero attached hydrogens (tertiary/aromatic N) is 1. The first-order valence-corrected chi connectivity index (χ1v) is 6.49. The zero-order chi connectivity index (χ0) is 13.7. The van der Waals surface area contributed by atoms with Crippen LogP contribution >= 0.6 is 12.2 Å². The third-order valence-electron chi connectivity index (χ3n) is 2.97. The monoisotopic (exact) mass is 272 g/mol. The fraction of sp³-hybridized carbons (Fsp3) is 0.133. The van der Waals surface area contributed by atoms with Crippen LogP contribution in [0.2, 0.25) is 0 Å². The molecule has 0 saturated heterocycles. The largest absolute Gasteiger partial charge is 0.508 e. The van der Waals surface area contributed by atoms with Gasteiger partial charge in [-0.2, -0.15) is 0 Å². The minimum atomic E-state index is 0.306. The van der Waals surface area contributed by atoms with Gasteiger partial charge in [0.15, 0.2) is 0 Å². The highest BCUT2D eigenvalue weighted by molar-refractivity contribution is 7.78. The Kier molecular flexibility index (Phi) is 4.36. The molecule has 19 heavy (non-hydrogen) atoms. The third kappa shape index (κ3) is 3.03. The maximum atomic E-state index is 9.85. The Labute approximate surface area is 118 Å². The van der Waals surface area contributed by atoms with E-state index in [0.717, 1.165) is 17.0 Å². The fourth-order valence-corrected chi connectivity index (χ4v) is 2.15. The maximum Gasteiger partial charge on any atom is 0.119 e. The molecule has 0 unspecified atom stereocenters. The normalized spacial score (nSPS) is 16.4. The first kappa shape index (κ1) is 13.4. The minimum absolute atomic E-state index is 0.306. The van der Waals surface area contributed by atoms with Crippen LogP contribution in [0.15, 0.2) is 60.1 Å². The van der Waals surface area contributed by atoms with E-state index in [-0.39, 0.29) is 0 Å². The lowest BCUT2D eigenvalue weighted by molar-refractivity contribution is 0.468. The van der Waals surface area contributed by atoms with Crippen molar-refractivity contribution in [2.24, 2.45) is 0 Å². The van der Waals surface area contributed by atoms with Gasteiger partial charge in [-0.15, -0.1) is 0 Å². The smallest absolute Gasteiger partial charge is 0.119 e. The predicted molar refractivity (Wildman–Crippen MR) is 81.7 cm³/mol. The number of hydrogen-bond acceptors (Lipinski definition) is 3. The van der Waals surface area contributed by atoms with Crippen LogP contribution in [0, 0.1) is 0 Å². The van der Waals surface area contributed by atoms with Crippen molar-refractivity contribution in [3.63, 3.8) is 0 Å². The van der Waals surface area contributed by atoms with Gasteiger partial charge in [-0.3, -0.25) is 0 Å². The molecule has 1 aliphatic heterocycles. The lowest BCUT2D eigenvalue weighted by Gasteiger charge is -2.22. The van der Waals surface area contributed by atoms with E-state index in [0.29, 0.717) is 12.2 Å². The molecule has 0 radical (unpaired) electrons. The molecule has 0 atom stereocenters. The number of rotatable bonds is 4. The van der Waals surface area contributed by atoms with Crippen LogP contribution in [0.3, 0.4) is 0 Å². The first-order valence-electron chi connectivity index (χ1n) is 6.02. The van der Waals surface area contributed by atoms with E-state index in [1.165, 1.54) is 0 Å². The van der Waals surface area contributed by atoms with E-state index in [1.807, 2.05) is 54.6 Å². The second kappa shape index (κ2) is 6.20. The minimum Gasteiger partial charge on any atom is -0.508 e. The second-order valence-electron chi connectivity index (χ2n) is 4.13. The van der Waals surface area contributed by atoms with Crippen molar-refractivity contribution in [3.05, 3.63) is 65.7 Å². The molecule has 0 bridgehead atoms. The Morgan fingerprint density at radius 3 is 2.84 bits per heavy atom. The summed E-state index contributed by atoms with van der Waals surface area (Å²) in [6, 6.07) is 7.34. The highest BCUT2D eigenvalue weighted by atomic mass is 32.1. The number of nitrogens with one attached hydrogen (secondary N) is 1. The van der Waals surface area contributed by atoms with Crippen LogP contribution < -0.4 is 5.32 Å². The van der Waals surface area contributed by atoms with Crippen LogP contribution in [0.5, 0.6) is 5.75 Å². The number of phenols is 1. The van der Waals surface area contributed by atoms with Crippen molar-refractivity contribution in [1.29, 1.82) is 0 Å². The van der Waals surface area contributed by atoms with Gasteiger partial charge >= 0.3 is 0 Å². The van der Waals surface area contributed by atoms with Crippen molar-refractivity contribution >= 4 is 17.7 Å². The molecule has 0 saturated carbocycles. The van der Waals surface area contributed by atoms with Crippen molar-refractivity contribution in [1.82, 2.24) is 10.2 Å². The van der Waals surface area contributed by atoms with Crippen LogP contribution in [0.25, 0.3) is 0 Å². The molecule has 2 N–H and O–H groups in total. The average molecular weight is 272 g/mol.